The zero-order valence-corrected chi connectivity index (χ0v) is 16.5. The number of carbonyl (C=O) groups is 1. The number of hydrogen-bond acceptors (Lipinski definition) is 6. The SMILES string of the molecule is COC(OC(=O)[C@H]1NCCS1)(c1ccccc1)C(F)(F)c1cccc[n+]1[O-].Cl. The van der Waals surface area contributed by atoms with Gasteiger partial charge in [0.25, 0.3) is 5.69 Å². The maximum absolute atomic E-state index is 15.6. The molecule has 1 aromatic carbocycles. The van der Waals surface area contributed by atoms with Crippen molar-refractivity contribution in [1.82, 2.24) is 5.32 Å². The fraction of sp³-hybridized carbons (Fsp3) is 0.333. The minimum atomic E-state index is -3.97. The lowest BCUT2D eigenvalue weighted by Gasteiger charge is -2.37. The molecule has 152 valence electrons. The Kier molecular flexibility index (Phi) is 7.22. The third-order valence-corrected chi connectivity index (χ3v) is 5.31. The molecule has 2 heterocycles. The third-order valence-electron chi connectivity index (χ3n) is 4.18. The monoisotopic (exact) mass is 432 g/mol. The highest BCUT2D eigenvalue weighted by atomic mass is 35.5. The van der Waals surface area contributed by atoms with Crippen molar-refractivity contribution in [3.05, 3.63) is 71.2 Å². The molecule has 1 aliphatic heterocycles. The van der Waals surface area contributed by atoms with E-state index in [2.05, 4.69) is 5.32 Å². The Hall–Kier alpha value is -1.94. The molecule has 1 unspecified atom stereocenters. The Morgan fingerprint density at radius 1 is 1.25 bits per heavy atom. The van der Waals surface area contributed by atoms with Crippen molar-refractivity contribution in [2.75, 3.05) is 19.4 Å². The summed E-state index contributed by atoms with van der Waals surface area (Å²) >= 11 is 1.25. The Balaban J connectivity index is 0.00000280. The molecule has 0 saturated carbocycles. The van der Waals surface area contributed by atoms with Crippen LogP contribution in [0.3, 0.4) is 0 Å². The quantitative estimate of drug-likeness (QED) is 0.327. The van der Waals surface area contributed by atoms with Gasteiger partial charge in [0.2, 0.25) is 0 Å². The molecule has 3 rings (SSSR count). The van der Waals surface area contributed by atoms with Crippen LogP contribution in [0, 0.1) is 5.21 Å². The number of carbonyl (C=O) groups excluding carboxylic acids is 1. The van der Waals surface area contributed by atoms with Gasteiger partial charge in [-0.25, -0.2) is 4.79 Å². The second-order valence-corrected chi connectivity index (χ2v) is 7.01. The number of rotatable bonds is 6. The molecule has 0 bridgehead atoms. The van der Waals surface area contributed by atoms with Gasteiger partial charge in [-0.2, -0.15) is 13.5 Å². The van der Waals surface area contributed by atoms with Crippen LogP contribution in [0.4, 0.5) is 8.78 Å². The predicted octanol–water partition coefficient (Wildman–Crippen LogP) is 2.54. The van der Waals surface area contributed by atoms with E-state index >= 15 is 8.78 Å². The molecule has 2 atom stereocenters. The molecule has 28 heavy (non-hydrogen) atoms. The molecule has 1 N–H and O–H groups in total. The Bertz CT molecular complexity index is 809. The summed E-state index contributed by atoms with van der Waals surface area (Å²) in [6, 6.07) is 11.0. The summed E-state index contributed by atoms with van der Waals surface area (Å²) in [5.41, 5.74) is -0.978. The standard InChI is InChI=1S/C18H18F2N2O4S.ClH/c1-25-18(13-7-3-2-4-8-13,26-16(23)15-21-10-12-27-15)17(19,20)14-9-5-6-11-22(14)24;/h2-9,11,15,21H,10,12H2,1H3;1H/t15-,18?;/m0./s1. The fourth-order valence-electron chi connectivity index (χ4n) is 2.86. The van der Waals surface area contributed by atoms with Crippen molar-refractivity contribution >= 4 is 30.1 Å². The van der Waals surface area contributed by atoms with Crippen molar-refractivity contribution in [3.63, 3.8) is 0 Å². The van der Waals surface area contributed by atoms with Gasteiger partial charge in [-0.3, -0.25) is 5.32 Å². The highest BCUT2D eigenvalue weighted by Crippen LogP contribution is 2.48. The van der Waals surface area contributed by atoms with Crippen LogP contribution in [0.25, 0.3) is 0 Å². The summed E-state index contributed by atoms with van der Waals surface area (Å²) in [6.07, 6.45) is 0.949. The molecule has 1 fully saturated rings. The molecule has 6 nitrogen and oxygen atoms in total. The normalized spacial score (nSPS) is 18.8. The topological polar surface area (TPSA) is 74.5 Å². The fourth-order valence-corrected chi connectivity index (χ4v) is 3.75. The Morgan fingerprint density at radius 2 is 1.93 bits per heavy atom. The summed E-state index contributed by atoms with van der Waals surface area (Å²) < 4.78 is 41.7. The number of nitrogens with one attached hydrogen (secondary N) is 1. The van der Waals surface area contributed by atoms with Gasteiger partial charge in [0.15, 0.2) is 11.6 Å². The lowest BCUT2D eigenvalue weighted by atomic mass is 9.95. The van der Waals surface area contributed by atoms with Crippen molar-refractivity contribution in [1.29, 1.82) is 0 Å². The van der Waals surface area contributed by atoms with Crippen molar-refractivity contribution in [2.24, 2.45) is 0 Å². The number of esters is 1. The van der Waals surface area contributed by atoms with Crippen LogP contribution in [0.1, 0.15) is 11.3 Å². The molecule has 0 spiro atoms. The van der Waals surface area contributed by atoms with Crippen molar-refractivity contribution in [3.8, 4) is 0 Å². The van der Waals surface area contributed by atoms with Crippen LogP contribution in [0.2, 0.25) is 0 Å². The second-order valence-electron chi connectivity index (χ2n) is 5.80. The van der Waals surface area contributed by atoms with Crippen LogP contribution in [-0.4, -0.2) is 30.8 Å². The number of ether oxygens (including phenoxy) is 2. The number of aromatic nitrogens is 1. The first-order valence-electron chi connectivity index (χ1n) is 8.17. The third kappa shape index (κ3) is 3.93. The Morgan fingerprint density at radius 3 is 2.50 bits per heavy atom. The summed E-state index contributed by atoms with van der Waals surface area (Å²) in [5, 5.41) is 14.1. The number of pyridine rings is 1. The maximum atomic E-state index is 15.6. The second kappa shape index (κ2) is 9.04. The highest BCUT2D eigenvalue weighted by molar-refractivity contribution is 8.00. The zero-order valence-electron chi connectivity index (χ0n) is 14.8. The van der Waals surface area contributed by atoms with E-state index in [1.807, 2.05) is 0 Å². The first kappa shape index (κ1) is 22.4. The van der Waals surface area contributed by atoms with Gasteiger partial charge < -0.3 is 14.7 Å². The molecule has 10 heteroatoms. The summed E-state index contributed by atoms with van der Waals surface area (Å²) in [5.74, 6) is -7.01. The van der Waals surface area contributed by atoms with Gasteiger partial charge in [-0.05, 0) is 6.07 Å². The van der Waals surface area contributed by atoms with Crippen LogP contribution < -0.4 is 10.0 Å². The molecule has 0 aliphatic carbocycles. The number of nitrogens with zero attached hydrogens (tertiary/aromatic N) is 1. The van der Waals surface area contributed by atoms with Crippen LogP contribution in [0.15, 0.2) is 54.7 Å². The average Bonchev–Trinajstić information content (AvgIpc) is 3.21. The molecule has 0 amide bonds. The van der Waals surface area contributed by atoms with Gasteiger partial charge in [0.05, 0.1) is 0 Å². The van der Waals surface area contributed by atoms with Gasteiger partial charge in [-0.1, -0.05) is 30.3 Å². The van der Waals surface area contributed by atoms with E-state index < -0.39 is 28.7 Å². The number of methoxy groups -OCH3 is 1. The first-order valence-corrected chi connectivity index (χ1v) is 9.22. The van der Waals surface area contributed by atoms with Gasteiger partial charge in [-0.15, -0.1) is 24.2 Å². The minimum absolute atomic E-state index is 0. The number of hydrogen-bond donors (Lipinski definition) is 1. The van der Waals surface area contributed by atoms with Crippen LogP contribution >= 0.6 is 24.2 Å². The van der Waals surface area contributed by atoms with Crippen LogP contribution in [0.5, 0.6) is 0 Å². The molecule has 0 radical (unpaired) electrons. The minimum Gasteiger partial charge on any atom is -0.618 e. The molecule has 1 saturated heterocycles. The molecular weight excluding hydrogens is 414 g/mol. The van der Waals surface area contributed by atoms with Crippen molar-refractivity contribution < 1.29 is 27.8 Å². The molecular formula is C18H19ClF2N2O4S. The van der Waals surface area contributed by atoms with E-state index in [0.717, 1.165) is 19.4 Å². The number of alkyl halides is 2. The summed E-state index contributed by atoms with van der Waals surface area (Å²) in [4.78, 5) is 12.6. The van der Waals surface area contributed by atoms with E-state index in [9.17, 15) is 10.0 Å². The highest BCUT2D eigenvalue weighted by Gasteiger charge is 2.65. The van der Waals surface area contributed by atoms with E-state index in [-0.39, 0.29) is 22.7 Å². The summed E-state index contributed by atoms with van der Waals surface area (Å²) in [6.45, 7) is 0.561. The largest absolute Gasteiger partial charge is 0.618 e. The zero-order chi connectivity index (χ0) is 19.5. The first-order chi connectivity index (χ1) is 12.9. The van der Waals surface area contributed by atoms with Gasteiger partial charge >= 0.3 is 17.7 Å². The average molecular weight is 433 g/mol. The predicted molar refractivity (Wildman–Crippen MR) is 102 cm³/mol. The van der Waals surface area contributed by atoms with E-state index in [4.69, 9.17) is 9.47 Å². The van der Waals surface area contributed by atoms with Gasteiger partial charge in [0, 0.05) is 37.1 Å². The number of thioether (sulfide) groups is 1. The van der Waals surface area contributed by atoms with E-state index in [1.165, 1.54) is 48.2 Å². The smallest absolute Gasteiger partial charge is 0.399 e. The molecule has 1 aliphatic rings. The number of halogens is 3. The lowest BCUT2D eigenvalue weighted by molar-refractivity contribution is -0.630. The van der Waals surface area contributed by atoms with Crippen LogP contribution in [-0.2, 0) is 26.0 Å². The van der Waals surface area contributed by atoms with Gasteiger partial charge in [0.1, 0.15) is 0 Å². The van der Waals surface area contributed by atoms with E-state index in [1.54, 1.807) is 6.07 Å². The molecule has 1 aromatic heterocycles. The molecule has 2 aromatic rings. The van der Waals surface area contributed by atoms with E-state index in [0.29, 0.717) is 12.3 Å². The number of benzene rings is 1. The Labute approximate surface area is 171 Å². The lowest BCUT2D eigenvalue weighted by Crippen LogP contribution is -2.54. The van der Waals surface area contributed by atoms with Crippen molar-refractivity contribution in [2.45, 2.75) is 17.1 Å². The maximum Gasteiger partial charge on any atom is 0.399 e. The summed E-state index contributed by atoms with van der Waals surface area (Å²) in [7, 11) is 1.02.